The van der Waals surface area contributed by atoms with Gasteiger partial charge in [0.1, 0.15) is 6.21 Å². The average Bonchev–Trinajstić information content (AvgIpc) is 3.04. The largest absolute Gasteiger partial charge is 0.487 e. The van der Waals surface area contributed by atoms with Crippen molar-refractivity contribution in [2.75, 3.05) is 6.61 Å². The van der Waals surface area contributed by atoms with E-state index in [9.17, 15) is 0 Å². The summed E-state index contributed by atoms with van der Waals surface area (Å²) >= 11 is 0. The summed E-state index contributed by atoms with van der Waals surface area (Å²) in [6.07, 6.45) is 23.3. The average molecular weight is 310 g/mol. The molecule has 0 unspecified atom stereocenters. The zero-order valence-corrected chi connectivity index (χ0v) is 14.7. The Kier molecular flexibility index (Phi) is 13.2. The highest BCUT2D eigenvalue weighted by molar-refractivity contribution is 5.75. The molecule has 2 N–H and O–H groups in total. The van der Waals surface area contributed by atoms with Crippen LogP contribution in [0.3, 0.4) is 0 Å². The van der Waals surface area contributed by atoms with Crippen LogP contribution in [0.5, 0.6) is 0 Å². The van der Waals surface area contributed by atoms with Crippen LogP contribution in [0.4, 0.5) is 0 Å². The van der Waals surface area contributed by atoms with Gasteiger partial charge in [0.15, 0.2) is 12.0 Å². The second kappa shape index (κ2) is 15.1. The van der Waals surface area contributed by atoms with Crippen molar-refractivity contribution in [2.45, 2.75) is 96.8 Å². The molecule has 0 aromatic carbocycles. The van der Waals surface area contributed by atoms with Crippen LogP contribution < -0.4 is 5.43 Å². The topological polar surface area (TPSA) is 38.2 Å². The fourth-order valence-corrected chi connectivity index (χ4v) is 2.85. The van der Waals surface area contributed by atoms with Crippen molar-refractivity contribution in [3.63, 3.8) is 0 Å². The van der Waals surface area contributed by atoms with Crippen LogP contribution in [0, 0.1) is 0 Å². The first-order valence-corrected chi connectivity index (χ1v) is 9.63. The third kappa shape index (κ3) is 11.8. The molecular weight excluding hydrogens is 272 g/mol. The maximum absolute atomic E-state index is 5.59. The number of nitrogens with two attached hydrogens (primary N) is 1. The Morgan fingerprint density at radius 1 is 0.773 bits per heavy atom. The maximum Gasteiger partial charge on any atom is 0.198 e. The summed E-state index contributed by atoms with van der Waals surface area (Å²) in [5.74, 6) is 0.912. The summed E-state index contributed by atoms with van der Waals surface area (Å²) in [6.45, 7) is 3.12. The van der Waals surface area contributed by atoms with Gasteiger partial charge >= 0.3 is 0 Å². The summed E-state index contributed by atoms with van der Waals surface area (Å²) in [7, 11) is 0. The second-order valence-corrected chi connectivity index (χ2v) is 6.44. The standard InChI is InChI=1S/C19H36N2O/c1-2-3-4-5-6-7-8-9-10-11-12-13-14-15-16-22-19-17-20-21-18-19/h17-18H,2-16H2,1H3,(H,20,21)/p+1. The Morgan fingerprint density at radius 2 is 1.27 bits per heavy atom. The van der Waals surface area contributed by atoms with Gasteiger partial charge in [0.05, 0.1) is 6.61 Å². The highest BCUT2D eigenvalue weighted by atomic mass is 16.5. The van der Waals surface area contributed by atoms with Crippen LogP contribution >= 0.6 is 0 Å². The van der Waals surface area contributed by atoms with E-state index in [0.29, 0.717) is 0 Å². The number of allylic oxidation sites excluding steroid dienone is 1. The van der Waals surface area contributed by atoms with Gasteiger partial charge in [-0.1, -0.05) is 95.5 Å². The van der Waals surface area contributed by atoms with Gasteiger partial charge < -0.3 is 4.74 Å². The Labute approximate surface area is 137 Å². The SMILES string of the molecule is CCCCCCCCCCCCCCCCOC1=C[NH2+]N=C1. The molecule has 128 valence electrons. The van der Waals surface area contributed by atoms with E-state index in [-0.39, 0.29) is 0 Å². The van der Waals surface area contributed by atoms with Crippen molar-refractivity contribution in [1.82, 2.24) is 0 Å². The lowest BCUT2D eigenvalue weighted by Crippen LogP contribution is -2.69. The molecule has 0 atom stereocenters. The van der Waals surface area contributed by atoms with Gasteiger partial charge in [-0.25, -0.2) is 0 Å². The number of nitrogens with zero attached hydrogens (tertiary/aromatic N) is 1. The summed E-state index contributed by atoms with van der Waals surface area (Å²) in [6, 6.07) is 0. The highest BCUT2D eigenvalue weighted by Crippen LogP contribution is 2.13. The van der Waals surface area contributed by atoms with Gasteiger partial charge in [-0.15, -0.1) is 0 Å². The lowest BCUT2D eigenvalue weighted by atomic mass is 10.0. The Hall–Kier alpha value is -0.830. The van der Waals surface area contributed by atoms with Gasteiger partial charge in [0, 0.05) is 0 Å². The van der Waals surface area contributed by atoms with Crippen LogP contribution in [0.15, 0.2) is 17.1 Å². The summed E-state index contributed by atoms with van der Waals surface area (Å²) < 4.78 is 5.59. The van der Waals surface area contributed by atoms with Crippen molar-refractivity contribution in [2.24, 2.45) is 5.10 Å². The van der Waals surface area contributed by atoms with Gasteiger partial charge in [0.2, 0.25) is 0 Å². The molecule has 22 heavy (non-hydrogen) atoms. The van der Waals surface area contributed by atoms with Crippen molar-refractivity contribution >= 4 is 6.21 Å². The molecule has 0 spiro atoms. The van der Waals surface area contributed by atoms with E-state index in [1.54, 1.807) is 11.6 Å². The Morgan fingerprint density at radius 3 is 1.73 bits per heavy atom. The van der Waals surface area contributed by atoms with Crippen molar-refractivity contribution in [3.05, 3.63) is 12.0 Å². The summed E-state index contributed by atoms with van der Waals surface area (Å²) in [5.41, 5.74) is 1.78. The minimum Gasteiger partial charge on any atom is -0.487 e. The van der Waals surface area contributed by atoms with E-state index in [0.717, 1.165) is 12.4 Å². The minimum atomic E-state index is 0.837. The molecule has 0 bridgehead atoms. The number of hydrogen-bond acceptors (Lipinski definition) is 2. The predicted molar refractivity (Wildman–Crippen MR) is 94.8 cm³/mol. The fourth-order valence-electron chi connectivity index (χ4n) is 2.85. The summed E-state index contributed by atoms with van der Waals surface area (Å²) in [5, 5.41) is 3.99. The summed E-state index contributed by atoms with van der Waals surface area (Å²) in [4.78, 5) is 0. The van der Waals surface area contributed by atoms with E-state index in [4.69, 9.17) is 4.74 Å². The quantitative estimate of drug-likeness (QED) is 0.320. The first-order chi connectivity index (χ1) is 10.9. The number of quaternary nitrogens is 1. The van der Waals surface area contributed by atoms with Gasteiger partial charge in [-0.05, 0) is 6.42 Å². The Balaban J connectivity index is 1.67. The van der Waals surface area contributed by atoms with Crippen LogP contribution in [0.1, 0.15) is 96.8 Å². The fraction of sp³-hybridized carbons (Fsp3) is 0.842. The smallest absolute Gasteiger partial charge is 0.198 e. The maximum atomic E-state index is 5.59. The molecule has 1 heterocycles. The normalized spacial score (nSPS) is 13.6. The molecule has 0 fully saturated rings. The Bertz CT molecular complexity index is 300. The van der Waals surface area contributed by atoms with Crippen LogP contribution in [0.25, 0.3) is 0 Å². The number of unbranched alkanes of at least 4 members (excludes halogenated alkanes) is 13. The lowest BCUT2D eigenvalue weighted by Gasteiger charge is -2.04. The molecule has 3 heteroatoms. The molecular formula is C19H37N2O+. The van der Waals surface area contributed by atoms with Crippen LogP contribution in [-0.2, 0) is 4.74 Å². The minimum absolute atomic E-state index is 0.837. The molecule has 0 amide bonds. The van der Waals surface area contributed by atoms with Crippen molar-refractivity contribution in [1.29, 1.82) is 0 Å². The molecule has 0 aromatic rings. The number of ether oxygens (including phenoxy) is 1. The molecule has 0 aromatic heterocycles. The first kappa shape index (κ1) is 19.2. The molecule has 1 aliphatic rings. The third-order valence-electron chi connectivity index (χ3n) is 4.29. The monoisotopic (exact) mass is 309 g/mol. The zero-order chi connectivity index (χ0) is 15.7. The molecule has 1 aliphatic heterocycles. The van der Waals surface area contributed by atoms with Gasteiger partial charge in [-0.3, -0.25) is 0 Å². The zero-order valence-electron chi connectivity index (χ0n) is 14.7. The second-order valence-electron chi connectivity index (χ2n) is 6.44. The van der Waals surface area contributed by atoms with Crippen molar-refractivity contribution in [3.8, 4) is 0 Å². The third-order valence-corrected chi connectivity index (χ3v) is 4.29. The van der Waals surface area contributed by atoms with Crippen LogP contribution in [-0.4, -0.2) is 12.8 Å². The molecule has 0 saturated heterocycles. The first-order valence-electron chi connectivity index (χ1n) is 9.63. The van der Waals surface area contributed by atoms with E-state index in [1.165, 1.54) is 89.9 Å². The molecule has 3 nitrogen and oxygen atoms in total. The van der Waals surface area contributed by atoms with Gasteiger partial charge in [0.25, 0.3) is 0 Å². The highest BCUT2D eigenvalue weighted by Gasteiger charge is 2.02. The number of hydrogen-bond donors (Lipinski definition) is 1. The van der Waals surface area contributed by atoms with E-state index in [2.05, 4.69) is 12.0 Å². The predicted octanol–water partition coefficient (Wildman–Crippen LogP) is 4.89. The van der Waals surface area contributed by atoms with E-state index < -0.39 is 0 Å². The van der Waals surface area contributed by atoms with Crippen LogP contribution in [0.2, 0.25) is 0 Å². The lowest BCUT2D eigenvalue weighted by molar-refractivity contribution is -0.590. The molecule has 1 rings (SSSR count). The van der Waals surface area contributed by atoms with Crippen molar-refractivity contribution < 1.29 is 10.2 Å². The number of rotatable bonds is 16. The molecule has 0 saturated carbocycles. The van der Waals surface area contributed by atoms with Gasteiger partial charge in [-0.2, -0.15) is 5.43 Å². The van der Waals surface area contributed by atoms with E-state index >= 15 is 0 Å². The van der Waals surface area contributed by atoms with E-state index in [1.807, 2.05) is 6.20 Å². The molecule has 0 aliphatic carbocycles. The molecule has 0 radical (unpaired) electrons.